The molecule has 0 bridgehead atoms. The topological polar surface area (TPSA) is 38.0 Å². The molecule has 1 fully saturated rings. The fraction of sp³-hybridized carbons (Fsp3) is 0.478. The summed E-state index contributed by atoms with van der Waals surface area (Å²) in [5, 5.41) is 3.44. The van der Waals surface area contributed by atoms with Crippen molar-refractivity contribution < 1.29 is 13.2 Å². The fourth-order valence-electron chi connectivity index (χ4n) is 4.03. The molecule has 0 spiro atoms. The molecule has 1 atom stereocenters. The van der Waals surface area contributed by atoms with Crippen LogP contribution in [0.2, 0.25) is 6.32 Å². The van der Waals surface area contributed by atoms with Crippen LogP contribution in [0.4, 0.5) is 13.2 Å². The van der Waals surface area contributed by atoms with Gasteiger partial charge in [0.05, 0.1) is 7.85 Å². The fourth-order valence-corrected chi connectivity index (χ4v) is 4.03. The zero-order chi connectivity index (χ0) is 21.0. The lowest BCUT2D eigenvalue weighted by Crippen LogP contribution is -2.54. The minimum Gasteiger partial charge on any atom is -0.325 e. The average molecular weight is 400 g/mol. The van der Waals surface area contributed by atoms with Crippen molar-refractivity contribution in [3.8, 4) is 11.1 Å². The minimum atomic E-state index is -0.772. The molecule has 0 amide bonds. The molecular weight excluding hydrogens is 372 g/mol. The van der Waals surface area contributed by atoms with Crippen molar-refractivity contribution in [1.82, 2.24) is 5.32 Å². The average Bonchev–Trinajstić information content (AvgIpc) is 2.61. The summed E-state index contributed by atoms with van der Waals surface area (Å²) < 4.78 is 41.5. The van der Waals surface area contributed by atoms with Crippen molar-refractivity contribution in [3.63, 3.8) is 0 Å². The summed E-state index contributed by atoms with van der Waals surface area (Å²) in [6, 6.07) is 8.23. The lowest BCUT2D eigenvalue weighted by atomic mass is 9.67. The van der Waals surface area contributed by atoms with Gasteiger partial charge in [0, 0.05) is 35.3 Å². The van der Waals surface area contributed by atoms with E-state index in [1.165, 1.54) is 12.1 Å². The minimum absolute atomic E-state index is 0.0575. The summed E-state index contributed by atoms with van der Waals surface area (Å²) in [6.45, 7) is 2.65. The van der Waals surface area contributed by atoms with Gasteiger partial charge in [0.2, 0.25) is 0 Å². The Labute approximate surface area is 172 Å². The summed E-state index contributed by atoms with van der Waals surface area (Å²) >= 11 is 0. The number of rotatable bonds is 9. The molecule has 0 saturated heterocycles. The smallest absolute Gasteiger partial charge is 0.134 e. The molecule has 29 heavy (non-hydrogen) atoms. The van der Waals surface area contributed by atoms with E-state index in [0.717, 1.165) is 49.8 Å². The third-order valence-electron chi connectivity index (χ3n) is 6.09. The van der Waals surface area contributed by atoms with E-state index in [1.54, 1.807) is 12.1 Å². The van der Waals surface area contributed by atoms with Crippen molar-refractivity contribution >= 4 is 7.85 Å². The quantitative estimate of drug-likeness (QED) is 0.453. The molecule has 1 aliphatic carbocycles. The van der Waals surface area contributed by atoms with Crippen molar-refractivity contribution in [2.75, 3.05) is 0 Å². The molecule has 2 aromatic rings. The first-order valence-corrected chi connectivity index (χ1v) is 10.3. The van der Waals surface area contributed by atoms with Crippen LogP contribution in [0.5, 0.6) is 0 Å². The normalized spacial score (nSPS) is 20.9. The van der Waals surface area contributed by atoms with E-state index < -0.39 is 17.5 Å². The first-order chi connectivity index (χ1) is 13.8. The zero-order valence-electron chi connectivity index (χ0n) is 16.9. The molecule has 154 valence electrons. The summed E-state index contributed by atoms with van der Waals surface area (Å²) in [5.41, 5.74) is 7.28. The van der Waals surface area contributed by atoms with Gasteiger partial charge in [0.25, 0.3) is 0 Å². The van der Waals surface area contributed by atoms with E-state index in [-0.39, 0.29) is 16.7 Å². The van der Waals surface area contributed by atoms with E-state index in [1.807, 2.05) is 0 Å². The summed E-state index contributed by atoms with van der Waals surface area (Å²) in [5.74, 6) is -1.49. The van der Waals surface area contributed by atoms with Crippen LogP contribution in [0.1, 0.15) is 44.6 Å². The Morgan fingerprint density at radius 2 is 1.69 bits per heavy atom. The van der Waals surface area contributed by atoms with Crippen molar-refractivity contribution in [3.05, 3.63) is 59.4 Å². The van der Waals surface area contributed by atoms with E-state index in [4.69, 9.17) is 13.6 Å². The first kappa shape index (κ1) is 21.9. The Hall–Kier alpha value is -1.79. The van der Waals surface area contributed by atoms with Crippen LogP contribution in [0.25, 0.3) is 11.1 Å². The zero-order valence-corrected chi connectivity index (χ0v) is 16.9. The number of hydrogen-bond donors (Lipinski definition) is 2. The van der Waals surface area contributed by atoms with E-state index >= 15 is 0 Å². The molecule has 0 heterocycles. The van der Waals surface area contributed by atoms with E-state index in [0.29, 0.717) is 24.8 Å². The van der Waals surface area contributed by atoms with Gasteiger partial charge >= 0.3 is 0 Å². The predicted molar refractivity (Wildman–Crippen MR) is 112 cm³/mol. The van der Waals surface area contributed by atoms with Gasteiger partial charge in [-0.3, -0.25) is 0 Å². The van der Waals surface area contributed by atoms with E-state index in [2.05, 4.69) is 12.2 Å². The van der Waals surface area contributed by atoms with Gasteiger partial charge in [-0.15, -0.1) is 0 Å². The predicted octanol–water partition coefficient (Wildman–Crippen LogP) is 5.11. The van der Waals surface area contributed by atoms with Gasteiger partial charge in [0.15, 0.2) is 0 Å². The Morgan fingerprint density at radius 1 is 1.03 bits per heavy atom. The van der Waals surface area contributed by atoms with Crippen LogP contribution in [-0.4, -0.2) is 19.4 Å². The molecule has 1 aliphatic rings. The lowest BCUT2D eigenvalue weighted by Gasteiger charge is -2.46. The molecule has 0 aromatic heterocycles. The van der Waals surface area contributed by atoms with Crippen LogP contribution in [0.3, 0.4) is 0 Å². The molecule has 1 unspecified atom stereocenters. The number of unbranched alkanes of at least 4 members (excludes halogenated alkanes) is 1. The van der Waals surface area contributed by atoms with Gasteiger partial charge in [-0.2, -0.15) is 0 Å². The Kier molecular flexibility index (Phi) is 7.07. The van der Waals surface area contributed by atoms with Crippen LogP contribution < -0.4 is 11.1 Å². The number of nitrogens with one attached hydrogen (secondary N) is 1. The number of benzene rings is 2. The lowest BCUT2D eigenvalue weighted by molar-refractivity contribution is 0.123. The highest BCUT2D eigenvalue weighted by molar-refractivity contribution is 6.08. The Bertz CT molecular complexity index is 835. The van der Waals surface area contributed by atoms with Crippen LogP contribution in [0, 0.1) is 23.4 Å². The van der Waals surface area contributed by atoms with Crippen molar-refractivity contribution in [2.24, 2.45) is 11.7 Å². The van der Waals surface area contributed by atoms with Crippen molar-refractivity contribution in [1.29, 1.82) is 0 Å². The summed E-state index contributed by atoms with van der Waals surface area (Å²) in [6.07, 6.45) is 5.76. The largest absolute Gasteiger partial charge is 0.325 e. The highest BCUT2D eigenvalue weighted by atomic mass is 19.1. The Balaban J connectivity index is 1.52. The third-order valence-corrected chi connectivity index (χ3v) is 6.09. The van der Waals surface area contributed by atoms with Crippen LogP contribution in [-0.2, 0) is 6.54 Å². The molecule has 1 saturated carbocycles. The van der Waals surface area contributed by atoms with Gasteiger partial charge in [0.1, 0.15) is 17.5 Å². The van der Waals surface area contributed by atoms with Crippen molar-refractivity contribution in [2.45, 2.75) is 63.5 Å². The standard InChI is InChI=1S/C23H28BF3N2/c1-23(28,8-2-3-9-24)16-11-18(12-16)29-14-15-4-6-19(21(26)10-15)20-7-5-17(25)13-22(20)27/h4-7,10,13,16,18,29H,2-3,8-9,11-12,14,28H2,1H3. The first-order valence-electron chi connectivity index (χ1n) is 10.3. The second kappa shape index (κ2) is 9.35. The van der Waals surface area contributed by atoms with Gasteiger partial charge in [-0.25, -0.2) is 13.2 Å². The molecule has 3 rings (SSSR count). The van der Waals surface area contributed by atoms with Gasteiger partial charge < -0.3 is 11.1 Å². The van der Waals surface area contributed by atoms with E-state index in [9.17, 15) is 13.2 Å². The number of halogens is 3. The maximum Gasteiger partial charge on any atom is 0.134 e. The second-order valence-corrected chi connectivity index (χ2v) is 8.44. The molecule has 0 aliphatic heterocycles. The maximum atomic E-state index is 14.5. The highest BCUT2D eigenvalue weighted by Crippen LogP contribution is 2.38. The molecular formula is C23H28BF3N2. The molecule has 2 aromatic carbocycles. The van der Waals surface area contributed by atoms with Gasteiger partial charge in [-0.05, 0) is 55.9 Å². The molecule has 2 nitrogen and oxygen atoms in total. The summed E-state index contributed by atoms with van der Waals surface area (Å²) in [7, 11) is 5.55. The monoisotopic (exact) mass is 400 g/mol. The number of hydrogen-bond acceptors (Lipinski definition) is 2. The van der Waals surface area contributed by atoms with Crippen LogP contribution in [0.15, 0.2) is 36.4 Å². The maximum absolute atomic E-state index is 14.5. The second-order valence-electron chi connectivity index (χ2n) is 8.44. The third kappa shape index (κ3) is 5.43. The Morgan fingerprint density at radius 3 is 2.31 bits per heavy atom. The SMILES string of the molecule is [B]CCCCC(C)(N)C1CC(NCc2ccc(-c3ccc(F)cc3F)c(F)c2)C1. The molecule has 2 radical (unpaired) electrons. The molecule has 6 heteroatoms. The molecule has 3 N–H and O–H groups in total. The number of nitrogens with two attached hydrogens (primary N) is 1. The van der Waals surface area contributed by atoms with Crippen LogP contribution >= 0.6 is 0 Å². The summed E-state index contributed by atoms with van der Waals surface area (Å²) in [4.78, 5) is 0. The highest BCUT2D eigenvalue weighted by Gasteiger charge is 2.39. The van der Waals surface area contributed by atoms with Gasteiger partial charge in [-0.1, -0.05) is 31.3 Å².